The van der Waals surface area contributed by atoms with Gasteiger partial charge >= 0.3 is 0 Å². The third-order valence-corrected chi connectivity index (χ3v) is 16.2. The number of rotatable bonds is 8. The van der Waals surface area contributed by atoms with Gasteiger partial charge in [-0.15, -0.1) is 11.3 Å². The Morgan fingerprint density at radius 3 is 2.29 bits per heavy atom. The second-order valence-electron chi connectivity index (χ2n) is 11.1. The van der Waals surface area contributed by atoms with E-state index in [-0.39, 0.29) is 5.91 Å². The second kappa shape index (κ2) is 9.63. The first-order valence-corrected chi connectivity index (χ1v) is 15.8. The lowest BCUT2D eigenvalue weighted by atomic mass is 10.0. The molecule has 1 aromatic carbocycles. The van der Waals surface area contributed by atoms with E-state index in [2.05, 4.69) is 82.1 Å². The zero-order valence-electron chi connectivity index (χ0n) is 21.9. The quantitative estimate of drug-likeness (QED) is 0.338. The third kappa shape index (κ3) is 4.18. The van der Waals surface area contributed by atoms with Gasteiger partial charge in [-0.05, 0) is 91.1 Å². The van der Waals surface area contributed by atoms with Gasteiger partial charge < -0.3 is 14.9 Å². The minimum atomic E-state index is -1.88. The molecule has 0 bridgehead atoms. The van der Waals surface area contributed by atoms with Gasteiger partial charge in [0.25, 0.3) is 5.91 Å². The van der Waals surface area contributed by atoms with E-state index >= 15 is 0 Å². The molecule has 1 aliphatic rings. The van der Waals surface area contributed by atoms with Gasteiger partial charge in [-0.3, -0.25) is 4.79 Å². The number of likely N-dealkylation sites (tertiary alicyclic amines) is 1. The fraction of sp³-hybridized carbons (Fsp3) is 0.536. The number of likely N-dealkylation sites (N-methyl/N-ethyl adjacent to an activating group) is 1. The predicted molar refractivity (Wildman–Crippen MR) is 150 cm³/mol. The topological polar surface area (TPSA) is 51.3 Å². The van der Waals surface area contributed by atoms with Crippen molar-refractivity contribution in [1.29, 1.82) is 0 Å². The number of aromatic nitrogens is 1. The van der Waals surface area contributed by atoms with E-state index < -0.39 is 8.24 Å². The van der Waals surface area contributed by atoms with Crippen LogP contribution in [-0.4, -0.2) is 42.9 Å². The number of carbonyl (C=O) groups excluding carboxylic acids is 1. The number of hydrogen-bond donors (Lipinski definition) is 1. The lowest BCUT2D eigenvalue weighted by Gasteiger charge is -2.44. The molecule has 2 N–H and O–H groups in total. The maximum absolute atomic E-state index is 11.7. The Labute approximate surface area is 210 Å². The SMILES string of the molecule is CC(C)[Si](C(C)C)(C(C)C)n1cc(C[C@H]2CCCN2C)c2cc(-c3ccc(C(N)=O)s3)ccc21. The van der Waals surface area contributed by atoms with Crippen LogP contribution in [0.4, 0.5) is 0 Å². The molecule has 0 aliphatic carbocycles. The first-order chi connectivity index (χ1) is 16.1. The Morgan fingerprint density at radius 1 is 1.09 bits per heavy atom. The number of nitrogens with two attached hydrogens (primary N) is 1. The van der Waals surface area contributed by atoms with Crippen molar-refractivity contribution in [3.05, 3.63) is 47.0 Å². The second-order valence-corrected chi connectivity index (χ2v) is 17.9. The van der Waals surface area contributed by atoms with Gasteiger partial charge in [0.05, 0.1) is 4.88 Å². The van der Waals surface area contributed by atoms with Crippen LogP contribution in [0.5, 0.6) is 0 Å². The molecule has 2 aromatic heterocycles. The molecule has 0 saturated carbocycles. The van der Waals surface area contributed by atoms with Gasteiger partial charge in [-0.2, -0.15) is 0 Å². The standard InChI is InChI=1S/C28H41N3OSSi/c1-18(2)34(19(3)4,20(5)6)31-17-22(15-23-9-8-14-30(23)7)24-16-21(10-11-25(24)31)26-12-13-27(33-26)28(29)32/h10-13,16-20,23H,8-9,14-15H2,1-7H3,(H2,29,32)/t23-/m1/s1. The summed E-state index contributed by atoms with van der Waals surface area (Å²) in [7, 11) is 0.389. The van der Waals surface area contributed by atoms with Gasteiger partial charge in [0, 0.05) is 21.8 Å². The maximum atomic E-state index is 11.7. The normalized spacial score (nSPS) is 17.6. The molecule has 0 spiro atoms. The molecule has 4 rings (SSSR count). The van der Waals surface area contributed by atoms with Crippen molar-refractivity contribution in [2.75, 3.05) is 13.6 Å². The number of carbonyl (C=O) groups is 1. The van der Waals surface area contributed by atoms with E-state index in [1.807, 2.05) is 12.1 Å². The van der Waals surface area contributed by atoms with Crippen molar-refractivity contribution in [3.63, 3.8) is 0 Å². The number of nitrogens with zero attached hydrogens (tertiary/aromatic N) is 2. The number of fused-ring (bicyclic) bond motifs is 1. The lowest BCUT2D eigenvalue weighted by molar-refractivity contribution is 0.100. The van der Waals surface area contributed by atoms with E-state index in [4.69, 9.17) is 5.73 Å². The van der Waals surface area contributed by atoms with E-state index in [9.17, 15) is 4.79 Å². The number of amides is 1. The Balaban J connectivity index is 1.92. The van der Waals surface area contributed by atoms with Crippen LogP contribution in [-0.2, 0) is 6.42 Å². The van der Waals surface area contributed by atoms with Crippen LogP contribution < -0.4 is 5.73 Å². The Hall–Kier alpha value is -1.89. The molecule has 1 amide bonds. The van der Waals surface area contributed by atoms with Crippen molar-refractivity contribution < 1.29 is 4.79 Å². The first-order valence-electron chi connectivity index (χ1n) is 12.8. The molecule has 0 unspecified atom stereocenters. The van der Waals surface area contributed by atoms with Crippen LogP contribution in [0, 0.1) is 0 Å². The number of benzene rings is 1. The fourth-order valence-electron chi connectivity index (χ4n) is 6.89. The van der Waals surface area contributed by atoms with E-state index in [0.29, 0.717) is 27.5 Å². The van der Waals surface area contributed by atoms with Crippen LogP contribution in [0.3, 0.4) is 0 Å². The Morgan fingerprint density at radius 2 is 1.76 bits per heavy atom. The van der Waals surface area contributed by atoms with Crippen molar-refractivity contribution in [2.45, 2.75) is 83.5 Å². The molecule has 1 atom stereocenters. The third-order valence-electron chi connectivity index (χ3n) is 8.34. The predicted octanol–water partition coefficient (Wildman–Crippen LogP) is 7.13. The zero-order chi connectivity index (χ0) is 24.8. The van der Waals surface area contributed by atoms with Gasteiger partial charge in [0.2, 0.25) is 0 Å². The molecule has 4 nitrogen and oxygen atoms in total. The summed E-state index contributed by atoms with van der Waals surface area (Å²) in [6, 6.07) is 11.4. The number of thiophene rings is 1. The van der Waals surface area contributed by atoms with Crippen molar-refractivity contribution in [2.24, 2.45) is 5.73 Å². The van der Waals surface area contributed by atoms with Crippen LogP contribution in [0.15, 0.2) is 36.5 Å². The minimum absolute atomic E-state index is 0.352. The Kier molecular flexibility index (Phi) is 7.14. The van der Waals surface area contributed by atoms with Gasteiger partial charge in [-0.25, -0.2) is 0 Å². The average molecular weight is 496 g/mol. The molecule has 3 heterocycles. The summed E-state index contributed by atoms with van der Waals surface area (Å²) < 4.78 is 2.76. The molecule has 34 heavy (non-hydrogen) atoms. The van der Waals surface area contributed by atoms with E-state index in [1.165, 1.54) is 52.8 Å². The summed E-state index contributed by atoms with van der Waals surface area (Å²) in [5.74, 6) is -0.352. The molecule has 3 aromatic rings. The molecule has 1 aliphatic heterocycles. The smallest absolute Gasteiger partial charge is 0.258 e. The summed E-state index contributed by atoms with van der Waals surface area (Å²) in [4.78, 5) is 15.9. The highest BCUT2D eigenvalue weighted by Gasteiger charge is 2.46. The van der Waals surface area contributed by atoms with Crippen LogP contribution in [0.1, 0.15) is 69.6 Å². The van der Waals surface area contributed by atoms with E-state index in [1.54, 1.807) is 0 Å². The van der Waals surface area contributed by atoms with Gasteiger partial charge in [0.1, 0.15) is 0 Å². The molecule has 1 saturated heterocycles. The molecular weight excluding hydrogens is 454 g/mol. The van der Waals surface area contributed by atoms with Crippen molar-refractivity contribution in [3.8, 4) is 10.4 Å². The van der Waals surface area contributed by atoms with Gasteiger partial charge in [-0.1, -0.05) is 47.6 Å². The molecule has 6 heteroatoms. The summed E-state index contributed by atoms with van der Waals surface area (Å²) in [6.07, 6.45) is 6.20. The number of primary amides is 1. The van der Waals surface area contributed by atoms with Crippen LogP contribution in [0.25, 0.3) is 21.3 Å². The average Bonchev–Trinajstić information content (AvgIpc) is 3.48. The fourth-order valence-corrected chi connectivity index (χ4v) is 14.4. The molecular formula is C28H41N3OSSi. The monoisotopic (exact) mass is 495 g/mol. The van der Waals surface area contributed by atoms with Crippen LogP contribution >= 0.6 is 11.3 Å². The molecule has 0 radical (unpaired) electrons. The highest BCUT2D eigenvalue weighted by Crippen LogP contribution is 2.45. The summed E-state index contributed by atoms with van der Waals surface area (Å²) in [6.45, 7) is 15.8. The molecule has 1 fully saturated rings. The van der Waals surface area contributed by atoms with Crippen molar-refractivity contribution in [1.82, 2.24) is 9.13 Å². The van der Waals surface area contributed by atoms with Gasteiger partial charge in [0.15, 0.2) is 8.24 Å². The summed E-state index contributed by atoms with van der Waals surface area (Å²) in [5.41, 5.74) is 11.5. The first kappa shape index (κ1) is 25.2. The maximum Gasteiger partial charge on any atom is 0.258 e. The van der Waals surface area contributed by atoms with Crippen LogP contribution in [0.2, 0.25) is 16.6 Å². The molecule has 184 valence electrons. The lowest BCUT2D eigenvalue weighted by Crippen LogP contribution is -2.51. The Bertz CT molecular complexity index is 1150. The zero-order valence-corrected chi connectivity index (χ0v) is 23.7. The summed E-state index contributed by atoms with van der Waals surface area (Å²) in [5, 5.41) is 1.38. The largest absolute Gasteiger partial charge is 0.373 e. The van der Waals surface area contributed by atoms with Crippen molar-refractivity contribution >= 4 is 36.4 Å². The minimum Gasteiger partial charge on any atom is -0.373 e. The highest BCUT2D eigenvalue weighted by atomic mass is 32.1. The highest BCUT2D eigenvalue weighted by molar-refractivity contribution is 7.17. The number of hydrogen-bond acceptors (Lipinski definition) is 3. The summed E-state index contributed by atoms with van der Waals surface area (Å²) >= 11 is 1.49. The van der Waals surface area contributed by atoms with E-state index in [0.717, 1.165) is 11.3 Å².